The summed E-state index contributed by atoms with van der Waals surface area (Å²) >= 11 is 0. The standard InChI is InChI=1S/C22H35NO2/c1-4-6-8-9-10-15-22(3,14-7-5-2)18-16-17-19(23-21(18)25)12-11-13-20(17)24/h16H,4-15H2,1-3H3,(H,23,25). The van der Waals surface area contributed by atoms with Gasteiger partial charge in [0.1, 0.15) is 0 Å². The van der Waals surface area contributed by atoms with Crippen molar-refractivity contribution in [3.63, 3.8) is 0 Å². The van der Waals surface area contributed by atoms with Crippen molar-refractivity contribution < 1.29 is 4.79 Å². The van der Waals surface area contributed by atoms with Crippen LogP contribution in [0.2, 0.25) is 0 Å². The van der Waals surface area contributed by atoms with Gasteiger partial charge in [-0.25, -0.2) is 0 Å². The number of unbranched alkanes of at least 4 members (excludes halogenated alkanes) is 5. The van der Waals surface area contributed by atoms with Gasteiger partial charge in [-0.2, -0.15) is 0 Å². The molecule has 1 atom stereocenters. The second-order valence-corrected chi connectivity index (χ2v) is 8.01. The van der Waals surface area contributed by atoms with Crippen molar-refractivity contribution >= 4 is 5.78 Å². The van der Waals surface area contributed by atoms with Crippen molar-refractivity contribution in [2.75, 3.05) is 0 Å². The van der Waals surface area contributed by atoms with E-state index >= 15 is 0 Å². The van der Waals surface area contributed by atoms with Crippen LogP contribution < -0.4 is 5.56 Å². The number of carbonyl (C=O) groups excluding carboxylic acids is 1. The Bertz CT molecular complexity index is 631. The normalized spacial score (nSPS) is 16.5. The van der Waals surface area contributed by atoms with Gasteiger partial charge in [-0.1, -0.05) is 65.7 Å². The quantitative estimate of drug-likeness (QED) is 0.553. The summed E-state index contributed by atoms with van der Waals surface area (Å²) in [6.45, 7) is 6.66. The number of fused-ring (bicyclic) bond motifs is 1. The number of ketones is 1. The number of nitrogens with one attached hydrogen (secondary N) is 1. The fourth-order valence-corrected chi connectivity index (χ4v) is 4.10. The highest BCUT2D eigenvalue weighted by Gasteiger charge is 2.31. The molecule has 25 heavy (non-hydrogen) atoms. The van der Waals surface area contributed by atoms with Crippen molar-refractivity contribution in [1.82, 2.24) is 4.98 Å². The largest absolute Gasteiger partial charge is 0.325 e. The minimum atomic E-state index is -0.122. The van der Waals surface area contributed by atoms with E-state index in [0.29, 0.717) is 6.42 Å². The topological polar surface area (TPSA) is 49.9 Å². The molecule has 0 saturated heterocycles. The number of aromatic nitrogens is 1. The fraction of sp³-hybridized carbons (Fsp3) is 0.727. The van der Waals surface area contributed by atoms with E-state index in [9.17, 15) is 9.59 Å². The third kappa shape index (κ3) is 5.05. The molecular weight excluding hydrogens is 310 g/mol. The minimum absolute atomic E-state index is 0.0283. The first kappa shape index (κ1) is 19.9. The molecule has 1 aliphatic carbocycles. The first-order chi connectivity index (χ1) is 12.0. The molecule has 2 rings (SSSR count). The molecule has 140 valence electrons. The smallest absolute Gasteiger partial charge is 0.251 e. The number of aromatic amines is 1. The second kappa shape index (κ2) is 9.35. The van der Waals surface area contributed by atoms with Crippen LogP contribution in [0.4, 0.5) is 0 Å². The van der Waals surface area contributed by atoms with E-state index in [1.807, 2.05) is 6.07 Å². The molecule has 0 amide bonds. The number of pyridine rings is 1. The maximum Gasteiger partial charge on any atom is 0.251 e. The van der Waals surface area contributed by atoms with Crippen LogP contribution in [0.5, 0.6) is 0 Å². The minimum Gasteiger partial charge on any atom is -0.325 e. The number of H-pyrrole nitrogens is 1. The van der Waals surface area contributed by atoms with Crippen LogP contribution in [-0.2, 0) is 11.8 Å². The lowest BCUT2D eigenvalue weighted by Crippen LogP contribution is -2.33. The monoisotopic (exact) mass is 345 g/mol. The van der Waals surface area contributed by atoms with Gasteiger partial charge in [-0.15, -0.1) is 0 Å². The van der Waals surface area contributed by atoms with Gasteiger partial charge in [0.05, 0.1) is 0 Å². The van der Waals surface area contributed by atoms with Gasteiger partial charge in [0.15, 0.2) is 5.78 Å². The lowest BCUT2D eigenvalue weighted by atomic mass is 9.74. The first-order valence-corrected chi connectivity index (χ1v) is 10.3. The number of hydrogen-bond donors (Lipinski definition) is 1. The molecule has 1 N–H and O–H groups in total. The Kier molecular flexibility index (Phi) is 7.46. The predicted molar refractivity (Wildman–Crippen MR) is 105 cm³/mol. The van der Waals surface area contributed by atoms with Gasteiger partial charge in [-0.05, 0) is 37.2 Å². The average molecular weight is 346 g/mol. The number of Topliss-reactive ketones (excluding diaryl/α,β-unsaturated/α-hetero) is 1. The van der Waals surface area contributed by atoms with E-state index < -0.39 is 0 Å². The Morgan fingerprint density at radius 3 is 2.36 bits per heavy atom. The molecule has 0 aromatic carbocycles. The Balaban J connectivity index is 2.25. The molecule has 0 radical (unpaired) electrons. The van der Waals surface area contributed by atoms with Crippen LogP contribution in [0.15, 0.2) is 10.9 Å². The zero-order valence-corrected chi connectivity index (χ0v) is 16.4. The van der Waals surface area contributed by atoms with Crippen molar-refractivity contribution in [3.8, 4) is 0 Å². The van der Waals surface area contributed by atoms with Crippen LogP contribution in [0.1, 0.15) is 113 Å². The first-order valence-electron chi connectivity index (χ1n) is 10.3. The molecule has 3 nitrogen and oxygen atoms in total. The van der Waals surface area contributed by atoms with Gasteiger partial charge in [0, 0.05) is 23.2 Å². The third-order valence-electron chi connectivity index (χ3n) is 5.82. The maximum atomic E-state index is 12.8. The highest BCUT2D eigenvalue weighted by Crippen LogP contribution is 2.34. The highest BCUT2D eigenvalue weighted by molar-refractivity contribution is 5.98. The van der Waals surface area contributed by atoms with Crippen LogP contribution in [0.3, 0.4) is 0 Å². The molecule has 1 unspecified atom stereocenters. The van der Waals surface area contributed by atoms with Crippen molar-refractivity contribution in [2.45, 2.75) is 103 Å². The van der Waals surface area contributed by atoms with Gasteiger partial charge in [0.25, 0.3) is 5.56 Å². The Morgan fingerprint density at radius 2 is 1.64 bits per heavy atom. The summed E-state index contributed by atoms with van der Waals surface area (Å²) in [5.41, 5.74) is 2.37. The summed E-state index contributed by atoms with van der Waals surface area (Å²) in [7, 11) is 0. The van der Waals surface area contributed by atoms with Gasteiger partial charge < -0.3 is 4.98 Å². The zero-order chi connectivity index (χ0) is 18.3. The lowest BCUT2D eigenvalue weighted by molar-refractivity contribution is 0.0971. The van der Waals surface area contributed by atoms with E-state index in [0.717, 1.165) is 61.8 Å². The molecule has 1 aliphatic rings. The van der Waals surface area contributed by atoms with Crippen LogP contribution in [0.25, 0.3) is 0 Å². The van der Waals surface area contributed by atoms with E-state index in [4.69, 9.17) is 0 Å². The summed E-state index contributed by atoms with van der Waals surface area (Å²) < 4.78 is 0. The molecule has 0 fully saturated rings. The predicted octanol–water partition coefficient (Wildman–Crippen LogP) is 5.70. The zero-order valence-electron chi connectivity index (χ0n) is 16.4. The second-order valence-electron chi connectivity index (χ2n) is 8.01. The molecule has 0 aliphatic heterocycles. The Hall–Kier alpha value is -1.38. The highest BCUT2D eigenvalue weighted by atomic mass is 16.1. The van der Waals surface area contributed by atoms with Crippen molar-refractivity contribution in [1.29, 1.82) is 0 Å². The van der Waals surface area contributed by atoms with Gasteiger partial charge >= 0.3 is 0 Å². The molecule has 0 spiro atoms. The van der Waals surface area contributed by atoms with E-state index in [2.05, 4.69) is 25.8 Å². The number of carbonyl (C=O) groups is 1. The van der Waals surface area contributed by atoms with Crippen LogP contribution in [-0.4, -0.2) is 10.8 Å². The maximum absolute atomic E-state index is 12.8. The van der Waals surface area contributed by atoms with Crippen LogP contribution in [0, 0.1) is 0 Å². The summed E-state index contributed by atoms with van der Waals surface area (Å²) in [6, 6.07) is 1.94. The summed E-state index contributed by atoms with van der Waals surface area (Å²) in [6.07, 6.45) is 12.8. The molecular formula is C22H35NO2. The van der Waals surface area contributed by atoms with Crippen molar-refractivity contribution in [2.24, 2.45) is 0 Å². The third-order valence-corrected chi connectivity index (χ3v) is 5.82. The van der Waals surface area contributed by atoms with Crippen LogP contribution >= 0.6 is 0 Å². The molecule has 1 aromatic heterocycles. The van der Waals surface area contributed by atoms with E-state index in [-0.39, 0.29) is 16.8 Å². The molecule has 0 bridgehead atoms. The summed E-state index contributed by atoms with van der Waals surface area (Å²) in [5.74, 6) is 0.194. The molecule has 1 aromatic rings. The Labute approximate surface area is 152 Å². The fourth-order valence-electron chi connectivity index (χ4n) is 4.10. The SMILES string of the molecule is CCCCCCCC(C)(CCCC)c1cc2c([nH]c1=O)CCCC2=O. The van der Waals surface area contributed by atoms with Gasteiger partial charge in [0.2, 0.25) is 0 Å². The number of rotatable bonds is 10. The molecule has 0 saturated carbocycles. The average Bonchev–Trinajstić information content (AvgIpc) is 2.59. The summed E-state index contributed by atoms with van der Waals surface area (Å²) in [5, 5.41) is 0. The van der Waals surface area contributed by atoms with Gasteiger partial charge in [-0.3, -0.25) is 9.59 Å². The van der Waals surface area contributed by atoms with E-state index in [1.165, 1.54) is 25.7 Å². The molecule has 3 heteroatoms. The number of hydrogen-bond acceptors (Lipinski definition) is 2. The lowest BCUT2D eigenvalue weighted by Gasteiger charge is -2.31. The Morgan fingerprint density at radius 1 is 0.960 bits per heavy atom. The van der Waals surface area contributed by atoms with Crippen molar-refractivity contribution in [3.05, 3.63) is 33.2 Å². The van der Waals surface area contributed by atoms with E-state index in [1.54, 1.807) is 0 Å². The number of aryl methyl sites for hydroxylation is 1. The molecule has 1 heterocycles. The summed E-state index contributed by atoms with van der Waals surface area (Å²) in [4.78, 5) is 28.1.